The van der Waals surface area contributed by atoms with E-state index in [2.05, 4.69) is 43.7 Å². The second kappa shape index (κ2) is 11.1. The van der Waals surface area contributed by atoms with E-state index in [1.54, 1.807) is 6.20 Å². The molecule has 2 aliphatic rings. The van der Waals surface area contributed by atoms with Gasteiger partial charge in [-0.1, -0.05) is 55.7 Å². The van der Waals surface area contributed by atoms with E-state index < -0.39 is 6.04 Å². The Balaban J connectivity index is 1.40. The van der Waals surface area contributed by atoms with Crippen LogP contribution in [0.5, 0.6) is 11.5 Å². The standard InChI is InChI=1S/C31H31N7O3/c39-31-25(14-23-15-27-28(41-20-40-27)16-26(23)33-31)29(30-34-35-36-38(30)24-11-5-2-6-12-24)37(18-21-8-3-1-4-9-21)19-22-10-7-13-32-17-22/h1,3-4,7-10,13-17,24,29H,2,5-6,11-12,18-20H2,(H,33,39)/p+1/t29-/m1/s1. The summed E-state index contributed by atoms with van der Waals surface area (Å²) in [7, 11) is 0. The molecule has 0 bridgehead atoms. The Labute approximate surface area is 236 Å². The molecule has 2 atom stereocenters. The maximum Gasteiger partial charge on any atom is 0.258 e. The van der Waals surface area contributed by atoms with Crippen molar-refractivity contribution in [2.45, 2.75) is 57.3 Å². The zero-order chi connectivity index (χ0) is 27.6. The molecule has 0 saturated heterocycles. The van der Waals surface area contributed by atoms with Crippen LogP contribution in [-0.2, 0) is 13.1 Å². The molecule has 1 aliphatic heterocycles. The fourth-order valence-corrected chi connectivity index (χ4v) is 6.23. The SMILES string of the molecule is O=c1[nH]c2cc3c(cc2cc1[C@H](c1nnnn1C1CCCCC1)[NH+](Cc1ccccc1)Cc1cccnc1)OCO3. The molecule has 4 heterocycles. The highest BCUT2D eigenvalue weighted by molar-refractivity contribution is 5.83. The van der Waals surface area contributed by atoms with Crippen LogP contribution in [0.25, 0.3) is 10.9 Å². The number of pyridine rings is 2. The van der Waals surface area contributed by atoms with Gasteiger partial charge in [0, 0.05) is 35.0 Å². The van der Waals surface area contributed by atoms with Gasteiger partial charge in [-0.3, -0.25) is 9.78 Å². The van der Waals surface area contributed by atoms with Crippen molar-refractivity contribution in [3.63, 3.8) is 0 Å². The monoisotopic (exact) mass is 550 g/mol. The number of aromatic nitrogens is 6. The van der Waals surface area contributed by atoms with E-state index >= 15 is 0 Å². The maximum absolute atomic E-state index is 13.9. The molecule has 0 amide bonds. The van der Waals surface area contributed by atoms with Crippen LogP contribution in [0, 0.1) is 0 Å². The Bertz CT molecular complexity index is 1660. The molecule has 41 heavy (non-hydrogen) atoms. The molecule has 5 aromatic rings. The van der Waals surface area contributed by atoms with E-state index in [9.17, 15) is 4.79 Å². The van der Waals surface area contributed by atoms with Crippen LogP contribution in [0.3, 0.4) is 0 Å². The lowest BCUT2D eigenvalue weighted by atomic mass is 9.95. The quantitative estimate of drug-likeness (QED) is 0.304. The molecule has 7 rings (SSSR count). The minimum atomic E-state index is -0.439. The fourth-order valence-electron chi connectivity index (χ4n) is 6.23. The number of fused-ring (bicyclic) bond motifs is 2. The molecule has 10 nitrogen and oxygen atoms in total. The fraction of sp³-hybridized carbons (Fsp3) is 0.323. The number of rotatable bonds is 8. The first-order valence-electron chi connectivity index (χ1n) is 14.2. The predicted molar refractivity (Wildman–Crippen MR) is 152 cm³/mol. The Morgan fingerprint density at radius 2 is 1.73 bits per heavy atom. The molecule has 2 aromatic carbocycles. The topological polar surface area (TPSA) is 112 Å². The first-order chi connectivity index (χ1) is 20.2. The minimum absolute atomic E-state index is 0.168. The van der Waals surface area contributed by atoms with Gasteiger partial charge in [0.15, 0.2) is 17.5 Å². The van der Waals surface area contributed by atoms with Gasteiger partial charge >= 0.3 is 0 Å². The Morgan fingerprint density at radius 3 is 2.54 bits per heavy atom. The number of hydrogen-bond acceptors (Lipinski definition) is 7. The number of nitrogens with one attached hydrogen (secondary N) is 2. The summed E-state index contributed by atoms with van der Waals surface area (Å²) in [4.78, 5) is 22.5. The molecule has 1 unspecified atom stereocenters. The van der Waals surface area contributed by atoms with E-state index in [1.165, 1.54) is 6.42 Å². The van der Waals surface area contributed by atoms with Gasteiger partial charge in [0.2, 0.25) is 12.6 Å². The lowest BCUT2D eigenvalue weighted by Gasteiger charge is -2.30. The smallest absolute Gasteiger partial charge is 0.258 e. The molecule has 1 fully saturated rings. The van der Waals surface area contributed by atoms with Crippen LogP contribution >= 0.6 is 0 Å². The van der Waals surface area contributed by atoms with Gasteiger partial charge in [0.05, 0.1) is 17.1 Å². The molecule has 0 spiro atoms. The van der Waals surface area contributed by atoms with Crippen molar-refractivity contribution in [2.75, 3.05) is 6.79 Å². The zero-order valence-electron chi connectivity index (χ0n) is 22.7. The number of aromatic amines is 1. The number of ether oxygens (including phenoxy) is 2. The molecule has 2 N–H and O–H groups in total. The van der Waals surface area contributed by atoms with Gasteiger partial charge in [-0.25, -0.2) is 4.68 Å². The van der Waals surface area contributed by atoms with Crippen molar-refractivity contribution >= 4 is 10.9 Å². The summed E-state index contributed by atoms with van der Waals surface area (Å²) in [5.41, 5.74) is 3.37. The first kappa shape index (κ1) is 25.4. The van der Waals surface area contributed by atoms with Gasteiger partial charge in [-0.05, 0) is 41.5 Å². The minimum Gasteiger partial charge on any atom is -0.454 e. The van der Waals surface area contributed by atoms with E-state index in [0.29, 0.717) is 41.5 Å². The van der Waals surface area contributed by atoms with Crippen LogP contribution in [0.4, 0.5) is 0 Å². The van der Waals surface area contributed by atoms with Gasteiger partial charge in [-0.15, -0.1) is 5.10 Å². The van der Waals surface area contributed by atoms with E-state index in [0.717, 1.165) is 47.1 Å². The molecule has 1 saturated carbocycles. The van der Waals surface area contributed by atoms with Crippen molar-refractivity contribution in [3.8, 4) is 11.5 Å². The third-order valence-corrected chi connectivity index (χ3v) is 8.21. The summed E-state index contributed by atoms with van der Waals surface area (Å²) in [6.45, 7) is 1.46. The Morgan fingerprint density at radius 1 is 0.951 bits per heavy atom. The average Bonchev–Trinajstić information content (AvgIpc) is 3.68. The van der Waals surface area contributed by atoms with Crippen LogP contribution in [-0.4, -0.2) is 37.0 Å². The van der Waals surface area contributed by atoms with Crippen LogP contribution in [0.15, 0.2) is 77.9 Å². The Hall–Kier alpha value is -4.57. The van der Waals surface area contributed by atoms with Crippen molar-refractivity contribution < 1.29 is 14.4 Å². The number of benzene rings is 2. The predicted octanol–water partition coefficient (Wildman–Crippen LogP) is 3.52. The molecule has 1 aliphatic carbocycles. The summed E-state index contributed by atoms with van der Waals surface area (Å²) in [5, 5.41) is 14.2. The number of H-pyrrole nitrogens is 1. The number of nitrogens with zero attached hydrogens (tertiary/aromatic N) is 5. The summed E-state index contributed by atoms with van der Waals surface area (Å²) in [6, 6.07) is 19.9. The zero-order valence-corrected chi connectivity index (χ0v) is 22.7. The third kappa shape index (κ3) is 5.18. The molecule has 0 radical (unpaired) electrons. The highest BCUT2D eigenvalue weighted by Crippen LogP contribution is 2.36. The average molecular weight is 551 g/mol. The first-order valence-corrected chi connectivity index (χ1v) is 14.2. The lowest BCUT2D eigenvalue weighted by molar-refractivity contribution is -0.953. The summed E-state index contributed by atoms with van der Waals surface area (Å²) < 4.78 is 13.2. The van der Waals surface area contributed by atoms with Crippen molar-refractivity contribution in [2.24, 2.45) is 0 Å². The molecule has 208 valence electrons. The maximum atomic E-state index is 13.9. The number of tetrazole rings is 1. The van der Waals surface area contributed by atoms with Crippen LogP contribution < -0.4 is 19.9 Å². The summed E-state index contributed by atoms with van der Waals surface area (Å²) >= 11 is 0. The van der Waals surface area contributed by atoms with E-state index in [4.69, 9.17) is 9.47 Å². The summed E-state index contributed by atoms with van der Waals surface area (Å²) in [5.74, 6) is 2.01. The summed E-state index contributed by atoms with van der Waals surface area (Å²) in [6.07, 6.45) is 9.24. The van der Waals surface area contributed by atoms with Crippen molar-refractivity contribution in [3.05, 3.63) is 106 Å². The number of hydrogen-bond donors (Lipinski definition) is 2. The lowest BCUT2D eigenvalue weighted by Crippen LogP contribution is -3.10. The van der Waals surface area contributed by atoms with Gasteiger partial charge in [0.1, 0.15) is 13.1 Å². The van der Waals surface area contributed by atoms with Crippen molar-refractivity contribution in [1.29, 1.82) is 0 Å². The molecule has 3 aromatic heterocycles. The highest BCUT2D eigenvalue weighted by Gasteiger charge is 2.36. The van der Waals surface area contributed by atoms with E-state index in [-0.39, 0.29) is 18.4 Å². The normalized spacial score (nSPS) is 16.6. The van der Waals surface area contributed by atoms with Gasteiger partial charge in [-0.2, -0.15) is 0 Å². The largest absolute Gasteiger partial charge is 0.454 e. The second-order valence-corrected chi connectivity index (χ2v) is 10.9. The third-order valence-electron chi connectivity index (χ3n) is 8.21. The van der Waals surface area contributed by atoms with Crippen LogP contribution in [0.1, 0.15) is 66.7 Å². The molecular weight excluding hydrogens is 518 g/mol. The van der Waals surface area contributed by atoms with Crippen molar-refractivity contribution in [1.82, 2.24) is 30.2 Å². The van der Waals surface area contributed by atoms with Gasteiger partial charge in [0.25, 0.3) is 5.56 Å². The number of quaternary nitrogens is 1. The Kier molecular flexibility index (Phi) is 6.90. The highest BCUT2D eigenvalue weighted by atomic mass is 16.7. The second-order valence-electron chi connectivity index (χ2n) is 10.9. The molecular formula is C31H32N7O3+. The van der Waals surface area contributed by atoms with Gasteiger partial charge < -0.3 is 19.4 Å². The van der Waals surface area contributed by atoms with E-state index in [1.807, 2.05) is 53.3 Å². The molecule has 10 heteroatoms. The van der Waals surface area contributed by atoms with Crippen LogP contribution in [0.2, 0.25) is 0 Å².